The topological polar surface area (TPSA) is 56.2 Å². The number of rotatable bonds is 9. The third-order valence-electron chi connectivity index (χ3n) is 4.54. The van der Waals surface area contributed by atoms with Gasteiger partial charge in [-0.3, -0.25) is 4.79 Å². The summed E-state index contributed by atoms with van der Waals surface area (Å²) in [6.07, 6.45) is 1.63. The minimum absolute atomic E-state index is 0.00605. The number of ether oxygens (including phenoxy) is 1. The highest BCUT2D eigenvalue weighted by Gasteiger charge is 2.11. The van der Waals surface area contributed by atoms with Crippen molar-refractivity contribution in [3.05, 3.63) is 59.4 Å². The van der Waals surface area contributed by atoms with Gasteiger partial charge < -0.3 is 14.6 Å². The lowest BCUT2D eigenvalue weighted by molar-refractivity contribution is -0.123. The molecule has 0 atom stereocenters. The molecule has 148 valence electrons. The first-order chi connectivity index (χ1) is 13.6. The zero-order chi connectivity index (χ0) is 19.9. The van der Waals surface area contributed by atoms with Crippen LogP contribution >= 0.6 is 11.6 Å². The minimum atomic E-state index is 0.00605. The van der Waals surface area contributed by atoms with Crippen LogP contribution in [-0.4, -0.2) is 28.6 Å². The summed E-state index contributed by atoms with van der Waals surface area (Å²) in [5.41, 5.74) is 2.06. The normalized spacial score (nSPS) is 11.1. The number of hydrogen-bond acceptors (Lipinski definition) is 3. The van der Waals surface area contributed by atoms with Crippen LogP contribution in [0.1, 0.15) is 26.1 Å². The molecule has 1 amide bonds. The van der Waals surface area contributed by atoms with Crippen LogP contribution in [0.4, 0.5) is 0 Å². The maximum absolute atomic E-state index is 11.7. The summed E-state index contributed by atoms with van der Waals surface area (Å²) in [6.45, 7) is 5.62. The molecule has 0 radical (unpaired) electrons. The van der Waals surface area contributed by atoms with E-state index in [1.54, 1.807) is 0 Å². The van der Waals surface area contributed by atoms with Crippen molar-refractivity contribution >= 4 is 28.5 Å². The molecule has 0 aliphatic carbocycles. The van der Waals surface area contributed by atoms with Crippen LogP contribution in [0.3, 0.4) is 0 Å². The quantitative estimate of drug-likeness (QED) is 0.540. The van der Waals surface area contributed by atoms with Gasteiger partial charge in [0.15, 0.2) is 0 Å². The van der Waals surface area contributed by atoms with Gasteiger partial charge in [-0.15, -0.1) is 0 Å². The zero-order valence-corrected chi connectivity index (χ0v) is 17.1. The van der Waals surface area contributed by atoms with Gasteiger partial charge in [0.05, 0.1) is 22.6 Å². The third-order valence-corrected chi connectivity index (χ3v) is 4.86. The summed E-state index contributed by atoms with van der Waals surface area (Å²) in [6, 6.07) is 15.6. The summed E-state index contributed by atoms with van der Waals surface area (Å²) in [4.78, 5) is 16.5. The van der Waals surface area contributed by atoms with Crippen LogP contribution in [0.5, 0.6) is 5.75 Å². The Morgan fingerprint density at radius 3 is 2.71 bits per heavy atom. The molecule has 6 heteroatoms. The number of amides is 1. The van der Waals surface area contributed by atoms with Gasteiger partial charge in [-0.2, -0.15) is 0 Å². The molecule has 3 aromatic rings. The van der Waals surface area contributed by atoms with Gasteiger partial charge in [0.2, 0.25) is 5.91 Å². The van der Waals surface area contributed by atoms with Gasteiger partial charge in [-0.25, -0.2) is 4.98 Å². The van der Waals surface area contributed by atoms with E-state index < -0.39 is 0 Å². The lowest BCUT2D eigenvalue weighted by Crippen LogP contribution is -2.28. The van der Waals surface area contributed by atoms with E-state index in [9.17, 15) is 4.79 Å². The molecule has 0 aliphatic rings. The molecule has 28 heavy (non-hydrogen) atoms. The minimum Gasteiger partial charge on any atom is -0.490 e. The van der Waals surface area contributed by atoms with Crippen molar-refractivity contribution < 1.29 is 9.53 Å². The van der Waals surface area contributed by atoms with Gasteiger partial charge >= 0.3 is 0 Å². The molecule has 0 saturated carbocycles. The van der Waals surface area contributed by atoms with Gasteiger partial charge in [0.25, 0.3) is 0 Å². The second kappa shape index (κ2) is 9.60. The van der Waals surface area contributed by atoms with Crippen LogP contribution in [0.2, 0.25) is 5.02 Å². The second-order valence-corrected chi connectivity index (χ2v) is 7.40. The molecule has 5 nitrogen and oxygen atoms in total. The first kappa shape index (κ1) is 20.2. The molecule has 0 saturated heterocycles. The predicted octanol–water partition coefficient (Wildman–Crippen LogP) is 4.47. The number of aromatic nitrogens is 2. The van der Waals surface area contributed by atoms with Crippen molar-refractivity contribution in [1.82, 2.24) is 14.9 Å². The molecule has 2 aromatic carbocycles. The number of halogens is 1. The van der Waals surface area contributed by atoms with E-state index in [4.69, 9.17) is 21.3 Å². The molecule has 1 aromatic heterocycles. The summed E-state index contributed by atoms with van der Waals surface area (Å²) >= 11 is 6.16. The molecule has 0 unspecified atom stereocenters. The average Bonchev–Trinajstić information content (AvgIpc) is 3.04. The number of aryl methyl sites for hydroxylation is 1. The summed E-state index contributed by atoms with van der Waals surface area (Å²) in [5.74, 6) is 1.78. The smallest absolute Gasteiger partial charge is 0.222 e. The molecule has 0 spiro atoms. The Balaban J connectivity index is 1.65. The number of para-hydroxylation sites is 3. The van der Waals surface area contributed by atoms with Gasteiger partial charge in [-0.05, 0) is 30.7 Å². The highest BCUT2D eigenvalue weighted by atomic mass is 35.5. The monoisotopic (exact) mass is 399 g/mol. The first-order valence-electron chi connectivity index (χ1n) is 9.65. The van der Waals surface area contributed by atoms with E-state index in [0.717, 1.165) is 29.7 Å². The lowest BCUT2D eigenvalue weighted by Gasteiger charge is -2.12. The molecule has 1 heterocycles. The Bertz CT molecular complexity index is 936. The molecular formula is C22H26ClN3O2. The predicted molar refractivity (Wildman–Crippen MR) is 113 cm³/mol. The highest BCUT2D eigenvalue weighted by molar-refractivity contribution is 6.32. The van der Waals surface area contributed by atoms with E-state index in [2.05, 4.69) is 16.0 Å². The van der Waals surface area contributed by atoms with Crippen molar-refractivity contribution in [2.24, 2.45) is 5.92 Å². The number of carbonyl (C=O) groups is 1. The Hall–Kier alpha value is -2.53. The Labute approximate surface area is 170 Å². The van der Waals surface area contributed by atoms with Gasteiger partial charge in [-0.1, -0.05) is 49.7 Å². The molecule has 1 N–H and O–H groups in total. The SMILES string of the molecule is CC(C)C(=O)NCCCc1nc2ccccc2n1CCOc1ccccc1Cl. The highest BCUT2D eigenvalue weighted by Crippen LogP contribution is 2.23. The molecule has 3 rings (SSSR count). The van der Waals surface area contributed by atoms with Crippen LogP contribution in [0.25, 0.3) is 11.0 Å². The fourth-order valence-corrected chi connectivity index (χ4v) is 3.23. The number of imidazole rings is 1. The number of nitrogens with one attached hydrogen (secondary N) is 1. The number of hydrogen-bond donors (Lipinski definition) is 1. The lowest BCUT2D eigenvalue weighted by atomic mass is 10.2. The first-order valence-corrected chi connectivity index (χ1v) is 10.0. The van der Waals surface area contributed by atoms with Crippen molar-refractivity contribution in [2.45, 2.75) is 33.2 Å². The maximum atomic E-state index is 11.7. The Morgan fingerprint density at radius 2 is 1.93 bits per heavy atom. The second-order valence-electron chi connectivity index (χ2n) is 7.00. The summed E-state index contributed by atoms with van der Waals surface area (Å²) < 4.78 is 8.05. The number of carbonyl (C=O) groups excluding carboxylic acids is 1. The fraction of sp³-hybridized carbons (Fsp3) is 0.364. The maximum Gasteiger partial charge on any atom is 0.222 e. The van der Waals surface area contributed by atoms with E-state index in [0.29, 0.717) is 30.5 Å². The van der Waals surface area contributed by atoms with E-state index in [-0.39, 0.29) is 11.8 Å². The fourth-order valence-electron chi connectivity index (χ4n) is 3.04. The van der Waals surface area contributed by atoms with Crippen molar-refractivity contribution in [3.8, 4) is 5.75 Å². The van der Waals surface area contributed by atoms with Crippen molar-refractivity contribution in [3.63, 3.8) is 0 Å². The van der Waals surface area contributed by atoms with Crippen LogP contribution in [0.15, 0.2) is 48.5 Å². The Kier molecular flexibility index (Phi) is 6.93. The standard InChI is InChI=1S/C22H26ClN3O2/c1-16(2)22(27)24-13-7-12-21-25-18-9-4-5-10-19(18)26(21)14-15-28-20-11-6-3-8-17(20)23/h3-6,8-11,16H,7,12-15H2,1-2H3,(H,24,27). The largest absolute Gasteiger partial charge is 0.490 e. The molecule has 0 bridgehead atoms. The van der Waals surface area contributed by atoms with Crippen molar-refractivity contribution in [2.75, 3.05) is 13.2 Å². The molecular weight excluding hydrogens is 374 g/mol. The summed E-state index contributed by atoms with van der Waals surface area (Å²) in [7, 11) is 0. The molecule has 0 aliphatic heterocycles. The molecule has 0 fully saturated rings. The number of fused-ring (bicyclic) bond motifs is 1. The van der Waals surface area contributed by atoms with E-state index in [1.165, 1.54) is 0 Å². The number of nitrogens with zero attached hydrogens (tertiary/aromatic N) is 2. The van der Waals surface area contributed by atoms with Gasteiger partial charge in [0.1, 0.15) is 18.2 Å². The zero-order valence-electron chi connectivity index (χ0n) is 16.3. The van der Waals surface area contributed by atoms with E-state index >= 15 is 0 Å². The average molecular weight is 400 g/mol. The number of benzene rings is 2. The van der Waals surface area contributed by atoms with Crippen molar-refractivity contribution in [1.29, 1.82) is 0 Å². The van der Waals surface area contributed by atoms with Crippen LogP contribution < -0.4 is 10.1 Å². The van der Waals surface area contributed by atoms with Crippen LogP contribution in [0, 0.1) is 5.92 Å². The Morgan fingerprint density at radius 1 is 1.18 bits per heavy atom. The third kappa shape index (κ3) is 5.04. The van der Waals surface area contributed by atoms with E-state index in [1.807, 2.05) is 56.3 Å². The van der Waals surface area contributed by atoms with Crippen LogP contribution in [-0.2, 0) is 17.8 Å². The van der Waals surface area contributed by atoms with Gasteiger partial charge in [0, 0.05) is 18.9 Å². The summed E-state index contributed by atoms with van der Waals surface area (Å²) in [5, 5.41) is 3.57.